The molecule has 14 heteroatoms. The standard InChI is InChI=1S/C24H22F4N6O3S/c1-4-13-10-18-15(11-16(13)25)19(21(29)35)20(34(18)22-30-8-5-9-31-22)17-7-6-14(12-32-17)38(36,37)33-23(2,3)24(26,27)28/h5-12,33H,4H2,1-3H3,(H2,29,35). The number of amides is 1. The van der Waals surface area contributed by atoms with Gasteiger partial charge in [-0.1, -0.05) is 6.92 Å². The van der Waals surface area contributed by atoms with E-state index < -0.39 is 38.4 Å². The van der Waals surface area contributed by atoms with Gasteiger partial charge in [-0.3, -0.25) is 14.3 Å². The first-order chi connectivity index (χ1) is 17.7. The SMILES string of the molecule is CCc1cc2c(cc1F)c(C(N)=O)c(-c1ccc(S(=O)(=O)NC(C)(C)C(F)(F)F)cn1)n2-c1ncccn1. The van der Waals surface area contributed by atoms with Crippen LogP contribution in [-0.4, -0.2) is 45.6 Å². The smallest absolute Gasteiger partial charge is 0.366 e. The Morgan fingerprint density at radius 2 is 1.76 bits per heavy atom. The van der Waals surface area contributed by atoms with E-state index in [1.54, 1.807) is 17.7 Å². The summed E-state index contributed by atoms with van der Waals surface area (Å²) in [6.45, 7) is 3.13. The van der Waals surface area contributed by atoms with Crippen molar-refractivity contribution in [1.82, 2.24) is 24.2 Å². The van der Waals surface area contributed by atoms with E-state index in [0.29, 0.717) is 31.3 Å². The molecule has 3 heterocycles. The molecule has 0 saturated heterocycles. The van der Waals surface area contributed by atoms with Crippen molar-refractivity contribution >= 4 is 26.8 Å². The zero-order valence-corrected chi connectivity index (χ0v) is 21.2. The fourth-order valence-electron chi connectivity index (χ4n) is 3.86. The number of fused-ring (bicyclic) bond motifs is 1. The van der Waals surface area contributed by atoms with Crippen LogP contribution in [0.2, 0.25) is 0 Å². The Morgan fingerprint density at radius 1 is 1.11 bits per heavy atom. The molecule has 0 aliphatic heterocycles. The maximum absolute atomic E-state index is 14.8. The summed E-state index contributed by atoms with van der Waals surface area (Å²) in [4.78, 5) is 24.6. The second-order valence-electron chi connectivity index (χ2n) is 8.89. The van der Waals surface area contributed by atoms with Crippen LogP contribution in [0.4, 0.5) is 17.6 Å². The molecule has 0 bridgehead atoms. The van der Waals surface area contributed by atoms with Crippen LogP contribution in [0.1, 0.15) is 36.7 Å². The first-order valence-corrected chi connectivity index (χ1v) is 12.7. The topological polar surface area (TPSA) is 133 Å². The Morgan fingerprint density at radius 3 is 2.29 bits per heavy atom. The van der Waals surface area contributed by atoms with Gasteiger partial charge in [0.25, 0.3) is 5.91 Å². The molecular formula is C24H22F4N6O3S. The summed E-state index contributed by atoms with van der Waals surface area (Å²) in [5.74, 6) is -1.39. The van der Waals surface area contributed by atoms with Crippen molar-refractivity contribution in [3.05, 3.63) is 65.9 Å². The number of hydrogen-bond acceptors (Lipinski definition) is 6. The average molecular weight is 551 g/mol. The Balaban J connectivity index is 1.95. The minimum absolute atomic E-state index is 0.0231. The predicted molar refractivity (Wildman–Crippen MR) is 130 cm³/mol. The Kier molecular flexibility index (Phi) is 6.74. The molecular weight excluding hydrogens is 528 g/mol. The molecule has 38 heavy (non-hydrogen) atoms. The van der Waals surface area contributed by atoms with Gasteiger partial charge in [0.05, 0.1) is 22.5 Å². The zero-order valence-electron chi connectivity index (χ0n) is 20.3. The predicted octanol–water partition coefficient (Wildman–Crippen LogP) is 3.90. The third-order valence-corrected chi connectivity index (χ3v) is 7.54. The molecule has 3 aromatic heterocycles. The number of sulfonamides is 1. The molecule has 0 unspecified atom stereocenters. The van der Waals surface area contributed by atoms with Crippen molar-refractivity contribution in [3.8, 4) is 17.3 Å². The van der Waals surface area contributed by atoms with E-state index >= 15 is 0 Å². The molecule has 0 spiro atoms. The van der Waals surface area contributed by atoms with Gasteiger partial charge in [0.2, 0.25) is 16.0 Å². The molecule has 0 aliphatic rings. The van der Waals surface area contributed by atoms with E-state index in [-0.39, 0.29) is 28.3 Å². The van der Waals surface area contributed by atoms with Crippen molar-refractivity contribution < 1.29 is 30.8 Å². The number of benzene rings is 1. The molecule has 0 atom stereocenters. The maximum Gasteiger partial charge on any atom is 0.407 e. The minimum atomic E-state index is -4.85. The van der Waals surface area contributed by atoms with Crippen LogP contribution in [0.5, 0.6) is 0 Å². The fourth-order valence-corrected chi connectivity index (χ4v) is 5.20. The van der Waals surface area contributed by atoms with Crippen molar-refractivity contribution in [2.75, 3.05) is 0 Å². The van der Waals surface area contributed by atoms with E-state index in [0.717, 1.165) is 12.3 Å². The molecule has 4 rings (SSSR count). The van der Waals surface area contributed by atoms with Gasteiger partial charge in [-0.05, 0) is 56.2 Å². The molecule has 200 valence electrons. The molecule has 0 aliphatic carbocycles. The van der Waals surface area contributed by atoms with Crippen molar-refractivity contribution in [1.29, 1.82) is 0 Å². The number of primary amides is 1. The van der Waals surface area contributed by atoms with Crippen LogP contribution in [-0.2, 0) is 16.4 Å². The number of carbonyl (C=O) groups is 1. The lowest BCUT2D eigenvalue weighted by Gasteiger charge is -2.28. The summed E-state index contributed by atoms with van der Waals surface area (Å²) in [5.41, 5.74) is 3.60. The highest BCUT2D eigenvalue weighted by atomic mass is 32.2. The van der Waals surface area contributed by atoms with Gasteiger partial charge in [-0.15, -0.1) is 0 Å². The van der Waals surface area contributed by atoms with E-state index in [9.17, 15) is 30.8 Å². The van der Waals surface area contributed by atoms with E-state index in [1.165, 1.54) is 35.2 Å². The highest BCUT2D eigenvalue weighted by Crippen LogP contribution is 2.37. The summed E-state index contributed by atoms with van der Waals surface area (Å²) < 4.78 is 82.9. The second-order valence-corrected chi connectivity index (χ2v) is 10.6. The largest absolute Gasteiger partial charge is 0.407 e. The molecule has 3 N–H and O–H groups in total. The van der Waals surface area contributed by atoms with Crippen LogP contribution < -0.4 is 10.5 Å². The monoisotopic (exact) mass is 550 g/mol. The molecule has 0 saturated carbocycles. The Bertz CT molecular complexity index is 1630. The van der Waals surface area contributed by atoms with Gasteiger partial charge in [-0.2, -0.15) is 17.9 Å². The van der Waals surface area contributed by atoms with E-state index in [1.807, 2.05) is 0 Å². The number of carbonyl (C=O) groups excluding carboxylic acids is 1. The maximum atomic E-state index is 14.8. The van der Waals surface area contributed by atoms with Gasteiger partial charge >= 0.3 is 6.18 Å². The number of alkyl halides is 3. The first kappa shape index (κ1) is 27.1. The number of nitrogens with two attached hydrogens (primary N) is 1. The Labute approximate surface area is 214 Å². The number of halogens is 4. The summed E-state index contributed by atoms with van der Waals surface area (Å²) in [5, 5.41) is 0.154. The van der Waals surface area contributed by atoms with Gasteiger partial charge in [0.15, 0.2) is 0 Å². The second kappa shape index (κ2) is 9.44. The number of pyridine rings is 1. The average Bonchev–Trinajstić information content (AvgIpc) is 3.16. The number of aromatic nitrogens is 4. The highest BCUT2D eigenvalue weighted by Gasteiger charge is 2.49. The van der Waals surface area contributed by atoms with Gasteiger partial charge in [0, 0.05) is 24.0 Å². The summed E-state index contributed by atoms with van der Waals surface area (Å²) in [6.07, 6.45) is -0.767. The third-order valence-electron chi connectivity index (χ3n) is 5.90. The number of hydrogen-bond donors (Lipinski definition) is 2. The van der Waals surface area contributed by atoms with Gasteiger partial charge < -0.3 is 5.73 Å². The normalized spacial score (nSPS) is 12.7. The van der Waals surface area contributed by atoms with Crippen molar-refractivity contribution in [2.45, 2.75) is 43.8 Å². The third kappa shape index (κ3) is 4.72. The Hall–Kier alpha value is -3.91. The fraction of sp³-hybridized carbons (Fsp3) is 0.250. The van der Waals surface area contributed by atoms with Gasteiger partial charge in [-0.25, -0.2) is 22.8 Å². The van der Waals surface area contributed by atoms with Crippen LogP contribution in [0.3, 0.4) is 0 Å². The summed E-state index contributed by atoms with van der Waals surface area (Å²) in [7, 11) is -4.63. The van der Waals surface area contributed by atoms with Crippen LogP contribution >= 0.6 is 0 Å². The zero-order chi connectivity index (χ0) is 28.0. The molecule has 0 radical (unpaired) electrons. The lowest BCUT2D eigenvalue weighted by atomic mass is 10.0. The molecule has 4 aromatic rings. The first-order valence-electron chi connectivity index (χ1n) is 11.2. The highest BCUT2D eigenvalue weighted by molar-refractivity contribution is 7.89. The van der Waals surface area contributed by atoms with Crippen molar-refractivity contribution in [2.24, 2.45) is 5.73 Å². The summed E-state index contributed by atoms with van der Waals surface area (Å²) >= 11 is 0. The number of nitrogens with one attached hydrogen (secondary N) is 1. The quantitative estimate of drug-likeness (QED) is 0.336. The van der Waals surface area contributed by atoms with E-state index in [4.69, 9.17) is 5.73 Å². The van der Waals surface area contributed by atoms with Crippen LogP contribution in [0.25, 0.3) is 28.2 Å². The van der Waals surface area contributed by atoms with Crippen molar-refractivity contribution in [3.63, 3.8) is 0 Å². The van der Waals surface area contributed by atoms with Crippen LogP contribution in [0.15, 0.2) is 53.8 Å². The molecule has 1 aromatic carbocycles. The molecule has 9 nitrogen and oxygen atoms in total. The number of rotatable bonds is 7. The molecule has 1 amide bonds. The minimum Gasteiger partial charge on any atom is -0.366 e. The van der Waals surface area contributed by atoms with E-state index in [2.05, 4.69) is 15.0 Å². The molecule has 0 fully saturated rings. The lowest BCUT2D eigenvalue weighted by molar-refractivity contribution is -0.180. The number of nitrogens with zero attached hydrogens (tertiary/aromatic N) is 4. The lowest BCUT2D eigenvalue weighted by Crippen LogP contribution is -2.54. The van der Waals surface area contributed by atoms with Gasteiger partial charge in [0.1, 0.15) is 16.3 Å². The number of aryl methyl sites for hydroxylation is 1. The summed E-state index contributed by atoms with van der Waals surface area (Å²) in [6, 6.07) is 6.49. The van der Waals surface area contributed by atoms with Crippen LogP contribution in [0, 0.1) is 5.82 Å².